The molecule has 1 aliphatic rings. The zero-order valence-corrected chi connectivity index (χ0v) is 17.8. The highest BCUT2D eigenvalue weighted by Crippen LogP contribution is 2.20. The number of nitrogens with one attached hydrogen (secondary N) is 1. The summed E-state index contributed by atoms with van der Waals surface area (Å²) < 4.78 is 37.3. The van der Waals surface area contributed by atoms with Crippen molar-refractivity contribution in [2.45, 2.75) is 51.0 Å². The molecule has 1 N–H and O–H groups in total. The number of carbonyl (C=O) groups excluding carboxylic acids is 1. The predicted molar refractivity (Wildman–Crippen MR) is 108 cm³/mol. The van der Waals surface area contributed by atoms with Crippen LogP contribution >= 0.6 is 0 Å². The smallest absolute Gasteiger partial charge is 0.258 e. The lowest BCUT2D eigenvalue weighted by molar-refractivity contribution is -0.123. The first-order chi connectivity index (χ1) is 13.3. The van der Waals surface area contributed by atoms with Crippen molar-refractivity contribution in [1.82, 2.24) is 9.62 Å². The molecule has 1 heterocycles. The van der Waals surface area contributed by atoms with Crippen molar-refractivity contribution in [2.24, 2.45) is 5.92 Å². The lowest BCUT2D eigenvalue weighted by Gasteiger charge is -2.26. The number of rotatable bonds is 10. The minimum atomic E-state index is -3.52. The second kappa shape index (κ2) is 10.8. The zero-order valence-electron chi connectivity index (χ0n) is 17.0. The summed E-state index contributed by atoms with van der Waals surface area (Å²) in [6.45, 7) is 7.81. The van der Waals surface area contributed by atoms with Crippen LogP contribution in [0.5, 0.6) is 5.75 Å². The fourth-order valence-corrected chi connectivity index (χ4v) is 4.42. The molecule has 158 valence electrons. The molecule has 1 aliphatic heterocycles. The number of hydrogen-bond donors (Lipinski definition) is 1. The molecule has 1 saturated heterocycles. The molecule has 0 aliphatic carbocycles. The Bertz CT molecular complexity index is 713. The number of ether oxygens (including phenoxy) is 2. The first-order valence-electron chi connectivity index (χ1n) is 9.89. The molecule has 0 saturated carbocycles. The molecule has 0 unspecified atom stereocenters. The monoisotopic (exact) mass is 412 g/mol. The van der Waals surface area contributed by atoms with E-state index in [9.17, 15) is 13.2 Å². The van der Waals surface area contributed by atoms with E-state index in [1.54, 1.807) is 12.1 Å². The SMILES string of the molecule is CC(C)CCC[C@H](C)NC(=O)COc1ccc(S(=O)(=O)N2CCOCC2)cc1. The van der Waals surface area contributed by atoms with Crippen LogP contribution in [-0.4, -0.2) is 57.6 Å². The number of sulfonamides is 1. The summed E-state index contributed by atoms with van der Waals surface area (Å²) in [5.74, 6) is 0.951. The van der Waals surface area contributed by atoms with Crippen molar-refractivity contribution in [3.8, 4) is 5.75 Å². The van der Waals surface area contributed by atoms with E-state index >= 15 is 0 Å². The summed E-state index contributed by atoms with van der Waals surface area (Å²) in [5, 5.41) is 2.92. The quantitative estimate of drug-likeness (QED) is 0.638. The average molecular weight is 413 g/mol. The Balaban J connectivity index is 1.79. The van der Waals surface area contributed by atoms with Gasteiger partial charge in [0.2, 0.25) is 10.0 Å². The molecule has 1 atom stereocenters. The summed E-state index contributed by atoms with van der Waals surface area (Å²) in [6.07, 6.45) is 3.17. The topological polar surface area (TPSA) is 84.9 Å². The summed E-state index contributed by atoms with van der Waals surface area (Å²) >= 11 is 0. The van der Waals surface area contributed by atoms with Crippen molar-refractivity contribution >= 4 is 15.9 Å². The Kier molecular flexibility index (Phi) is 8.72. The van der Waals surface area contributed by atoms with Gasteiger partial charge in [-0.3, -0.25) is 4.79 Å². The highest BCUT2D eigenvalue weighted by Gasteiger charge is 2.26. The van der Waals surface area contributed by atoms with Crippen molar-refractivity contribution < 1.29 is 22.7 Å². The molecule has 1 aromatic carbocycles. The van der Waals surface area contributed by atoms with Crippen LogP contribution in [0.4, 0.5) is 0 Å². The van der Waals surface area contributed by atoms with Gasteiger partial charge in [0, 0.05) is 19.1 Å². The van der Waals surface area contributed by atoms with E-state index < -0.39 is 10.0 Å². The number of carbonyl (C=O) groups is 1. The van der Waals surface area contributed by atoms with Gasteiger partial charge in [-0.25, -0.2) is 8.42 Å². The summed E-state index contributed by atoms with van der Waals surface area (Å²) in [5.41, 5.74) is 0. The molecule has 8 heteroatoms. The largest absolute Gasteiger partial charge is 0.484 e. The van der Waals surface area contributed by atoms with Crippen LogP contribution in [0.15, 0.2) is 29.2 Å². The zero-order chi connectivity index (χ0) is 20.6. The molecule has 1 amide bonds. The first-order valence-corrected chi connectivity index (χ1v) is 11.3. The van der Waals surface area contributed by atoms with Crippen molar-refractivity contribution in [2.75, 3.05) is 32.9 Å². The number of morpholine rings is 1. The van der Waals surface area contributed by atoms with Crippen LogP contribution in [-0.2, 0) is 19.6 Å². The van der Waals surface area contributed by atoms with E-state index in [1.807, 2.05) is 6.92 Å². The maximum atomic E-state index is 12.6. The molecular weight excluding hydrogens is 380 g/mol. The molecule has 0 radical (unpaired) electrons. The van der Waals surface area contributed by atoms with Gasteiger partial charge in [0.15, 0.2) is 6.61 Å². The van der Waals surface area contributed by atoms with Gasteiger partial charge in [0.1, 0.15) is 5.75 Å². The van der Waals surface area contributed by atoms with Crippen LogP contribution in [0, 0.1) is 5.92 Å². The summed E-state index contributed by atoms with van der Waals surface area (Å²) in [4.78, 5) is 12.2. The molecular formula is C20H32N2O5S. The molecule has 0 bridgehead atoms. The second-order valence-corrected chi connectivity index (χ2v) is 9.51. The maximum Gasteiger partial charge on any atom is 0.258 e. The highest BCUT2D eigenvalue weighted by atomic mass is 32.2. The molecule has 0 spiro atoms. The van der Waals surface area contributed by atoms with Gasteiger partial charge < -0.3 is 14.8 Å². The number of nitrogens with zero attached hydrogens (tertiary/aromatic N) is 1. The number of benzene rings is 1. The van der Waals surface area contributed by atoms with Gasteiger partial charge in [-0.1, -0.05) is 26.7 Å². The van der Waals surface area contributed by atoms with Crippen LogP contribution in [0.2, 0.25) is 0 Å². The van der Waals surface area contributed by atoms with Gasteiger partial charge in [-0.05, 0) is 43.5 Å². The minimum Gasteiger partial charge on any atom is -0.484 e. The van der Waals surface area contributed by atoms with Crippen LogP contribution < -0.4 is 10.1 Å². The third-order valence-corrected chi connectivity index (χ3v) is 6.54. The van der Waals surface area contributed by atoms with Crippen LogP contribution in [0.25, 0.3) is 0 Å². The Morgan fingerprint density at radius 3 is 2.39 bits per heavy atom. The van der Waals surface area contributed by atoms with Gasteiger partial charge in [-0.2, -0.15) is 4.31 Å². The molecule has 7 nitrogen and oxygen atoms in total. The fourth-order valence-electron chi connectivity index (χ4n) is 3.01. The van der Waals surface area contributed by atoms with Crippen LogP contribution in [0.3, 0.4) is 0 Å². The maximum absolute atomic E-state index is 12.6. The van der Waals surface area contributed by atoms with E-state index in [2.05, 4.69) is 19.2 Å². The van der Waals surface area contributed by atoms with Gasteiger partial charge >= 0.3 is 0 Å². The van der Waals surface area contributed by atoms with E-state index in [4.69, 9.17) is 9.47 Å². The normalized spacial score (nSPS) is 16.7. The predicted octanol–water partition coefficient (Wildman–Crippen LogP) is 2.42. The molecule has 0 aromatic heterocycles. The lowest BCUT2D eigenvalue weighted by atomic mass is 10.0. The summed E-state index contributed by atoms with van der Waals surface area (Å²) in [6, 6.07) is 6.27. The first kappa shape index (κ1) is 22.6. The Morgan fingerprint density at radius 2 is 1.79 bits per heavy atom. The van der Waals surface area contributed by atoms with Gasteiger partial charge in [-0.15, -0.1) is 0 Å². The van der Waals surface area contributed by atoms with Crippen molar-refractivity contribution in [3.05, 3.63) is 24.3 Å². The van der Waals surface area contributed by atoms with Crippen molar-refractivity contribution in [3.63, 3.8) is 0 Å². The highest BCUT2D eigenvalue weighted by molar-refractivity contribution is 7.89. The van der Waals surface area contributed by atoms with Crippen LogP contribution in [0.1, 0.15) is 40.0 Å². The third kappa shape index (κ3) is 7.07. The molecule has 1 fully saturated rings. The second-order valence-electron chi connectivity index (χ2n) is 7.57. The van der Waals surface area contributed by atoms with Gasteiger partial charge in [0.05, 0.1) is 18.1 Å². The van der Waals surface area contributed by atoms with E-state index in [-0.39, 0.29) is 23.5 Å². The lowest BCUT2D eigenvalue weighted by Crippen LogP contribution is -2.40. The third-order valence-electron chi connectivity index (χ3n) is 4.63. The Hall–Kier alpha value is -1.64. The van der Waals surface area contributed by atoms with E-state index in [0.29, 0.717) is 38.0 Å². The van der Waals surface area contributed by atoms with E-state index in [1.165, 1.54) is 16.4 Å². The fraction of sp³-hybridized carbons (Fsp3) is 0.650. The molecule has 28 heavy (non-hydrogen) atoms. The van der Waals surface area contributed by atoms with Crippen molar-refractivity contribution in [1.29, 1.82) is 0 Å². The summed E-state index contributed by atoms with van der Waals surface area (Å²) in [7, 11) is -3.52. The number of hydrogen-bond acceptors (Lipinski definition) is 5. The molecule has 2 rings (SSSR count). The van der Waals surface area contributed by atoms with E-state index in [0.717, 1.165) is 19.3 Å². The Morgan fingerprint density at radius 1 is 1.14 bits per heavy atom. The average Bonchev–Trinajstić information content (AvgIpc) is 2.67. The number of amides is 1. The Labute approximate surface area is 168 Å². The minimum absolute atomic E-state index is 0.0932. The standard InChI is InChI=1S/C20H32N2O5S/c1-16(2)5-4-6-17(3)21-20(23)15-27-18-7-9-19(10-8-18)28(24,25)22-11-13-26-14-12-22/h7-10,16-17H,4-6,11-15H2,1-3H3,(H,21,23)/t17-/m0/s1. The van der Waals surface area contributed by atoms with Gasteiger partial charge in [0.25, 0.3) is 5.91 Å². The molecule has 1 aromatic rings.